The van der Waals surface area contributed by atoms with Gasteiger partial charge in [0.2, 0.25) is 0 Å². The van der Waals surface area contributed by atoms with E-state index in [2.05, 4.69) is 44.6 Å². The van der Waals surface area contributed by atoms with Gasteiger partial charge in [-0.2, -0.15) is 5.10 Å². The van der Waals surface area contributed by atoms with E-state index in [1.807, 2.05) is 11.6 Å². The van der Waals surface area contributed by atoms with Gasteiger partial charge in [-0.1, -0.05) is 24.3 Å². The Hall–Kier alpha value is -3.39. The van der Waals surface area contributed by atoms with Crippen molar-refractivity contribution in [3.8, 4) is 17.2 Å². The zero-order chi connectivity index (χ0) is 21.5. The van der Waals surface area contributed by atoms with Crippen molar-refractivity contribution in [3.63, 3.8) is 0 Å². The number of carbonyl (C=O) groups excluding carboxylic acids is 1. The van der Waals surface area contributed by atoms with Crippen LogP contribution in [0, 0.1) is 0 Å². The lowest BCUT2D eigenvalue weighted by molar-refractivity contribution is 0.0950. The van der Waals surface area contributed by atoms with Crippen molar-refractivity contribution < 1.29 is 4.79 Å². The molecule has 0 radical (unpaired) electrons. The van der Waals surface area contributed by atoms with Crippen LogP contribution in [0.4, 0.5) is 0 Å². The van der Waals surface area contributed by atoms with Crippen LogP contribution in [0.25, 0.3) is 17.2 Å². The molecule has 1 fully saturated rings. The quantitative estimate of drug-likeness (QED) is 0.503. The number of carbonyl (C=O) groups is 1. The van der Waals surface area contributed by atoms with Crippen molar-refractivity contribution >= 4 is 17.2 Å². The van der Waals surface area contributed by atoms with Gasteiger partial charge in [0.15, 0.2) is 0 Å². The Labute approximate surface area is 189 Å². The Balaban J connectivity index is 1.37. The second-order valence-electron chi connectivity index (χ2n) is 8.29. The van der Waals surface area contributed by atoms with Crippen LogP contribution >= 0.6 is 11.3 Å². The van der Waals surface area contributed by atoms with E-state index in [0.29, 0.717) is 24.0 Å². The fourth-order valence-electron chi connectivity index (χ4n) is 4.39. The minimum absolute atomic E-state index is 0.131. The third-order valence-corrected chi connectivity index (χ3v) is 6.88. The Kier molecular flexibility index (Phi) is 4.79. The van der Waals surface area contributed by atoms with Gasteiger partial charge in [0.05, 0.1) is 29.7 Å². The third kappa shape index (κ3) is 3.50. The summed E-state index contributed by atoms with van der Waals surface area (Å²) in [6, 6.07) is 8.46. The summed E-state index contributed by atoms with van der Waals surface area (Å²) in [5.41, 5.74) is 6.15. The Morgan fingerprint density at radius 2 is 2.00 bits per heavy atom. The molecular formula is C24H22N6OS. The van der Waals surface area contributed by atoms with Gasteiger partial charge < -0.3 is 5.32 Å². The topological polar surface area (TPSA) is 85.6 Å². The standard InChI is InChI=1S/C24H22N6OS/c31-23(26-14-20-25-10-11-32-20)19-13-28-30(22(19)16-8-9-16)24-27-12-17-6-3-5-15-4-1-2-7-18(15)21(17)29-24/h1-2,4,7,10-13,16H,3,5-6,8-9,14H2,(H,26,31). The predicted octanol–water partition coefficient (Wildman–Crippen LogP) is 4.08. The van der Waals surface area contributed by atoms with Crippen LogP contribution in [0.5, 0.6) is 0 Å². The lowest BCUT2D eigenvalue weighted by atomic mass is 10.0. The molecule has 8 heteroatoms. The van der Waals surface area contributed by atoms with Gasteiger partial charge >= 0.3 is 0 Å². The van der Waals surface area contributed by atoms with Crippen molar-refractivity contribution in [2.45, 2.75) is 44.6 Å². The highest BCUT2D eigenvalue weighted by molar-refractivity contribution is 7.09. The van der Waals surface area contributed by atoms with Crippen LogP contribution in [0.1, 0.15) is 57.4 Å². The third-order valence-electron chi connectivity index (χ3n) is 6.10. The maximum Gasteiger partial charge on any atom is 0.255 e. The molecule has 0 bridgehead atoms. The van der Waals surface area contributed by atoms with Crippen molar-refractivity contribution in [2.75, 3.05) is 0 Å². The molecule has 2 aliphatic rings. The summed E-state index contributed by atoms with van der Waals surface area (Å²) in [6.07, 6.45) is 10.5. The molecule has 0 unspecified atom stereocenters. The van der Waals surface area contributed by atoms with E-state index < -0.39 is 0 Å². The smallest absolute Gasteiger partial charge is 0.255 e. The largest absolute Gasteiger partial charge is 0.345 e. The number of aryl methyl sites for hydroxylation is 2. The molecule has 160 valence electrons. The number of nitrogens with one attached hydrogen (secondary N) is 1. The normalized spacial score (nSPS) is 15.0. The first-order valence-electron chi connectivity index (χ1n) is 11.0. The molecule has 7 nitrogen and oxygen atoms in total. The van der Waals surface area contributed by atoms with Crippen molar-refractivity contribution in [3.05, 3.63) is 75.6 Å². The molecule has 3 heterocycles. The average Bonchev–Trinajstić information content (AvgIpc) is 3.39. The molecule has 1 aromatic carbocycles. The molecular weight excluding hydrogens is 420 g/mol. The van der Waals surface area contributed by atoms with E-state index in [1.54, 1.807) is 17.1 Å². The van der Waals surface area contributed by atoms with Gasteiger partial charge in [-0.3, -0.25) is 4.79 Å². The number of thiazole rings is 1. The maximum atomic E-state index is 13.0. The van der Waals surface area contributed by atoms with E-state index in [1.165, 1.54) is 28.0 Å². The first kappa shape index (κ1) is 19.3. The molecule has 0 saturated heterocycles. The second kappa shape index (κ2) is 7.94. The number of nitrogens with zero attached hydrogens (tertiary/aromatic N) is 5. The Morgan fingerprint density at radius 3 is 2.84 bits per heavy atom. The second-order valence-corrected chi connectivity index (χ2v) is 9.27. The summed E-state index contributed by atoms with van der Waals surface area (Å²) in [5.74, 6) is 0.711. The van der Waals surface area contributed by atoms with Crippen LogP contribution in [0.15, 0.2) is 48.2 Å². The Bertz CT molecular complexity index is 1290. The summed E-state index contributed by atoms with van der Waals surface area (Å²) in [6.45, 7) is 0.415. The van der Waals surface area contributed by atoms with Crippen molar-refractivity contribution in [1.82, 2.24) is 30.0 Å². The minimum Gasteiger partial charge on any atom is -0.345 e. The van der Waals surface area contributed by atoms with E-state index in [4.69, 9.17) is 4.98 Å². The van der Waals surface area contributed by atoms with E-state index >= 15 is 0 Å². The minimum atomic E-state index is -0.131. The van der Waals surface area contributed by atoms with Gasteiger partial charge in [0.25, 0.3) is 11.9 Å². The fourth-order valence-corrected chi connectivity index (χ4v) is 4.94. The van der Waals surface area contributed by atoms with Gasteiger partial charge in [-0.25, -0.2) is 19.6 Å². The molecule has 0 atom stereocenters. The first-order valence-corrected chi connectivity index (χ1v) is 11.8. The van der Waals surface area contributed by atoms with E-state index in [9.17, 15) is 4.79 Å². The molecule has 1 saturated carbocycles. The highest BCUT2D eigenvalue weighted by atomic mass is 32.1. The first-order chi connectivity index (χ1) is 15.8. The monoisotopic (exact) mass is 442 g/mol. The Morgan fingerprint density at radius 1 is 1.12 bits per heavy atom. The van der Waals surface area contributed by atoms with Crippen LogP contribution < -0.4 is 5.32 Å². The fraction of sp³-hybridized carbons (Fsp3) is 0.292. The SMILES string of the molecule is O=C(NCc1nccs1)c1cnn(-c2ncc3c(n2)-c2ccccc2CCC3)c1C1CC1. The number of benzene rings is 1. The maximum absolute atomic E-state index is 13.0. The summed E-state index contributed by atoms with van der Waals surface area (Å²) in [7, 11) is 0. The number of rotatable bonds is 5. The zero-order valence-electron chi connectivity index (χ0n) is 17.5. The van der Waals surface area contributed by atoms with Crippen LogP contribution in [0.3, 0.4) is 0 Å². The van der Waals surface area contributed by atoms with Gasteiger partial charge in [-0.15, -0.1) is 11.3 Å². The lowest BCUT2D eigenvalue weighted by Gasteiger charge is -2.12. The van der Waals surface area contributed by atoms with Gasteiger partial charge in [0.1, 0.15) is 5.01 Å². The number of amides is 1. The molecule has 4 aromatic rings. The van der Waals surface area contributed by atoms with Crippen LogP contribution in [-0.2, 0) is 19.4 Å². The molecule has 1 amide bonds. The molecule has 0 spiro atoms. The predicted molar refractivity (Wildman–Crippen MR) is 122 cm³/mol. The summed E-state index contributed by atoms with van der Waals surface area (Å²) >= 11 is 1.53. The van der Waals surface area contributed by atoms with Crippen molar-refractivity contribution in [2.24, 2.45) is 0 Å². The number of hydrogen-bond donors (Lipinski definition) is 1. The molecule has 6 rings (SSSR count). The van der Waals surface area contributed by atoms with Gasteiger partial charge in [-0.05, 0) is 43.2 Å². The highest BCUT2D eigenvalue weighted by Gasteiger charge is 2.34. The zero-order valence-corrected chi connectivity index (χ0v) is 18.3. The van der Waals surface area contributed by atoms with E-state index in [0.717, 1.165) is 48.5 Å². The molecule has 32 heavy (non-hydrogen) atoms. The van der Waals surface area contributed by atoms with Crippen LogP contribution in [-0.4, -0.2) is 30.6 Å². The summed E-state index contributed by atoms with van der Waals surface area (Å²) in [4.78, 5) is 26.8. The molecule has 3 aromatic heterocycles. The number of aromatic nitrogens is 5. The number of hydrogen-bond acceptors (Lipinski definition) is 6. The van der Waals surface area contributed by atoms with Gasteiger partial charge in [0, 0.05) is 29.3 Å². The summed E-state index contributed by atoms with van der Waals surface area (Å²) in [5, 5.41) is 10.3. The average molecular weight is 443 g/mol. The summed E-state index contributed by atoms with van der Waals surface area (Å²) < 4.78 is 1.77. The van der Waals surface area contributed by atoms with Crippen molar-refractivity contribution in [1.29, 1.82) is 0 Å². The number of fused-ring (bicyclic) bond motifs is 3. The molecule has 1 N–H and O–H groups in total. The molecule has 2 aliphatic carbocycles. The molecule has 0 aliphatic heterocycles. The lowest BCUT2D eigenvalue weighted by Crippen LogP contribution is -2.23. The highest BCUT2D eigenvalue weighted by Crippen LogP contribution is 2.42. The van der Waals surface area contributed by atoms with E-state index in [-0.39, 0.29) is 5.91 Å². The van der Waals surface area contributed by atoms with Crippen LogP contribution in [0.2, 0.25) is 0 Å².